The Bertz CT molecular complexity index is 955. The first kappa shape index (κ1) is 20.8. The zero-order valence-electron chi connectivity index (χ0n) is 17.9. The molecule has 2 N–H and O–H groups in total. The largest absolute Gasteiger partial charge is 0.349 e. The molecule has 1 aromatic carbocycles. The smallest absolute Gasteiger partial charge is 0.269 e. The van der Waals surface area contributed by atoms with Crippen LogP contribution in [0.25, 0.3) is 11.3 Å². The van der Waals surface area contributed by atoms with Crippen LogP contribution in [-0.4, -0.2) is 50.4 Å². The predicted molar refractivity (Wildman–Crippen MR) is 115 cm³/mol. The highest BCUT2D eigenvalue weighted by atomic mass is 16.1. The van der Waals surface area contributed by atoms with Crippen LogP contribution >= 0.6 is 0 Å². The summed E-state index contributed by atoms with van der Waals surface area (Å²) in [5, 5.41) is 14.7. The Morgan fingerprint density at radius 1 is 1.21 bits per heavy atom. The van der Waals surface area contributed by atoms with Crippen LogP contribution in [0.3, 0.4) is 0 Å². The van der Waals surface area contributed by atoms with Crippen molar-refractivity contribution in [1.82, 2.24) is 30.2 Å². The molecule has 3 rings (SSSR count). The van der Waals surface area contributed by atoms with Gasteiger partial charge in [0.05, 0.1) is 17.4 Å². The number of aromatic nitrogens is 4. The van der Waals surface area contributed by atoms with Gasteiger partial charge in [-0.3, -0.25) is 19.5 Å². The molecule has 7 heteroatoms. The number of aromatic amines is 1. The molecule has 154 valence electrons. The van der Waals surface area contributed by atoms with E-state index in [0.29, 0.717) is 12.2 Å². The highest BCUT2D eigenvalue weighted by molar-refractivity contribution is 5.93. The molecular weight excluding hydrogens is 364 g/mol. The third-order valence-corrected chi connectivity index (χ3v) is 5.48. The van der Waals surface area contributed by atoms with Crippen molar-refractivity contribution in [2.75, 3.05) is 19.6 Å². The number of benzene rings is 1. The Labute approximate surface area is 172 Å². The fourth-order valence-corrected chi connectivity index (χ4v) is 3.79. The zero-order valence-corrected chi connectivity index (χ0v) is 17.9. The Morgan fingerprint density at radius 3 is 2.48 bits per heavy atom. The van der Waals surface area contributed by atoms with Crippen molar-refractivity contribution in [2.45, 2.75) is 33.7 Å². The monoisotopic (exact) mass is 394 g/mol. The topological polar surface area (TPSA) is 78.8 Å². The van der Waals surface area contributed by atoms with Gasteiger partial charge in [-0.1, -0.05) is 44.2 Å². The van der Waals surface area contributed by atoms with Crippen molar-refractivity contribution >= 4 is 5.91 Å². The second-order valence-corrected chi connectivity index (χ2v) is 7.19. The highest BCUT2D eigenvalue weighted by Crippen LogP contribution is 2.25. The lowest BCUT2D eigenvalue weighted by molar-refractivity contribution is 0.0930. The summed E-state index contributed by atoms with van der Waals surface area (Å²) in [6, 6.07) is 12.2. The molecule has 29 heavy (non-hydrogen) atoms. The van der Waals surface area contributed by atoms with E-state index in [4.69, 9.17) is 0 Å². The van der Waals surface area contributed by atoms with Crippen LogP contribution in [0.15, 0.2) is 36.4 Å². The zero-order chi connectivity index (χ0) is 21.0. The van der Waals surface area contributed by atoms with Crippen LogP contribution in [0, 0.1) is 13.8 Å². The summed E-state index contributed by atoms with van der Waals surface area (Å²) >= 11 is 0. The van der Waals surface area contributed by atoms with Crippen molar-refractivity contribution in [3.05, 3.63) is 59.0 Å². The number of carbonyl (C=O) groups is 1. The number of amides is 1. The van der Waals surface area contributed by atoms with Crippen LogP contribution in [0.1, 0.15) is 47.3 Å². The van der Waals surface area contributed by atoms with E-state index < -0.39 is 0 Å². The van der Waals surface area contributed by atoms with E-state index in [-0.39, 0.29) is 11.9 Å². The van der Waals surface area contributed by atoms with E-state index in [0.717, 1.165) is 35.7 Å². The molecule has 3 aromatic rings. The molecule has 0 bridgehead atoms. The summed E-state index contributed by atoms with van der Waals surface area (Å²) in [5.74, 6) is -0.156. The second kappa shape index (κ2) is 9.05. The molecule has 1 atom stereocenters. The normalized spacial score (nSPS) is 12.3. The number of hydrogen-bond donors (Lipinski definition) is 2. The molecule has 0 aliphatic heterocycles. The number of nitrogens with zero attached hydrogens (tertiary/aromatic N) is 4. The first-order valence-electron chi connectivity index (χ1n) is 10.1. The molecule has 0 saturated heterocycles. The number of carbonyl (C=O) groups excluding carboxylic acids is 1. The third-order valence-electron chi connectivity index (χ3n) is 5.48. The van der Waals surface area contributed by atoms with Crippen LogP contribution in [0.4, 0.5) is 0 Å². The van der Waals surface area contributed by atoms with Gasteiger partial charge in [0.25, 0.3) is 5.91 Å². The van der Waals surface area contributed by atoms with Crippen LogP contribution < -0.4 is 5.32 Å². The molecule has 2 aromatic heterocycles. The minimum absolute atomic E-state index is 0.125. The van der Waals surface area contributed by atoms with Gasteiger partial charge in [-0.25, -0.2) is 0 Å². The van der Waals surface area contributed by atoms with Crippen LogP contribution in [0.2, 0.25) is 0 Å². The highest BCUT2D eigenvalue weighted by Gasteiger charge is 2.21. The summed E-state index contributed by atoms with van der Waals surface area (Å²) in [5.41, 5.74) is 5.27. The Kier molecular flexibility index (Phi) is 6.49. The molecule has 1 amide bonds. The fraction of sp³-hybridized carbons (Fsp3) is 0.409. The molecule has 0 aliphatic carbocycles. The van der Waals surface area contributed by atoms with E-state index in [1.165, 1.54) is 5.56 Å². The molecule has 0 aliphatic rings. The maximum atomic E-state index is 12.8. The van der Waals surface area contributed by atoms with E-state index >= 15 is 0 Å². The molecule has 0 radical (unpaired) electrons. The molecule has 7 nitrogen and oxygen atoms in total. The molecule has 0 fully saturated rings. The van der Waals surface area contributed by atoms with Gasteiger partial charge >= 0.3 is 0 Å². The van der Waals surface area contributed by atoms with Crippen molar-refractivity contribution in [3.8, 4) is 11.3 Å². The number of likely N-dealkylation sites (N-methyl/N-ethyl adjacent to an activating group) is 1. The van der Waals surface area contributed by atoms with E-state index in [9.17, 15) is 4.79 Å². The third kappa shape index (κ3) is 4.40. The van der Waals surface area contributed by atoms with Gasteiger partial charge in [0, 0.05) is 24.8 Å². The molecular formula is C22H30N6O. The quantitative estimate of drug-likeness (QED) is 0.615. The number of nitrogens with one attached hydrogen (secondary N) is 2. The van der Waals surface area contributed by atoms with Crippen molar-refractivity contribution < 1.29 is 4.79 Å². The van der Waals surface area contributed by atoms with Gasteiger partial charge in [0.15, 0.2) is 0 Å². The van der Waals surface area contributed by atoms with Gasteiger partial charge in [0.2, 0.25) is 0 Å². The molecule has 1 unspecified atom stereocenters. The van der Waals surface area contributed by atoms with Crippen LogP contribution in [-0.2, 0) is 7.05 Å². The van der Waals surface area contributed by atoms with E-state index in [1.807, 2.05) is 43.8 Å². The lowest BCUT2D eigenvalue weighted by Gasteiger charge is -2.30. The number of rotatable bonds is 8. The van der Waals surface area contributed by atoms with Gasteiger partial charge < -0.3 is 5.32 Å². The van der Waals surface area contributed by atoms with E-state index in [2.05, 4.69) is 51.5 Å². The van der Waals surface area contributed by atoms with E-state index in [1.54, 1.807) is 6.07 Å². The van der Waals surface area contributed by atoms with Gasteiger partial charge in [-0.05, 0) is 38.6 Å². The lowest BCUT2D eigenvalue weighted by atomic mass is 10.0. The Hall–Kier alpha value is -2.93. The summed E-state index contributed by atoms with van der Waals surface area (Å²) in [4.78, 5) is 15.1. The van der Waals surface area contributed by atoms with Crippen molar-refractivity contribution in [2.24, 2.45) is 7.05 Å². The minimum Gasteiger partial charge on any atom is -0.349 e. The predicted octanol–water partition coefficient (Wildman–Crippen LogP) is 3.24. The molecule has 2 heterocycles. The summed E-state index contributed by atoms with van der Waals surface area (Å²) in [6.07, 6.45) is 0. The molecule has 0 saturated carbocycles. The average Bonchev–Trinajstić information content (AvgIpc) is 3.30. The van der Waals surface area contributed by atoms with Crippen molar-refractivity contribution in [3.63, 3.8) is 0 Å². The second-order valence-electron chi connectivity index (χ2n) is 7.19. The average molecular weight is 395 g/mol. The summed E-state index contributed by atoms with van der Waals surface area (Å²) in [6.45, 7) is 10.6. The maximum Gasteiger partial charge on any atom is 0.269 e. The Morgan fingerprint density at radius 2 is 1.90 bits per heavy atom. The maximum absolute atomic E-state index is 12.8. The van der Waals surface area contributed by atoms with Gasteiger partial charge in [0.1, 0.15) is 5.69 Å². The number of aryl methyl sites for hydroxylation is 2. The standard InChI is InChI=1S/C22H30N6O/c1-6-28(7-2)20(17-11-9-8-10-12-17)14-23-22(29)19-13-18(24-25-19)21-15(3)26-27(5)16(21)4/h8-13,20H,6-7,14H2,1-5H3,(H,23,29)(H,24,25). The molecule has 0 spiro atoms. The fourth-order valence-electron chi connectivity index (χ4n) is 3.79. The number of H-pyrrole nitrogens is 1. The SMILES string of the molecule is CCN(CC)C(CNC(=O)c1cc(-c2c(C)nn(C)c2C)n[nH]1)c1ccccc1. The first-order valence-corrected chi connectivity index (χ1v) is 10.1. The Balaban J connectivity index is 1.75. The van der Waals surface area contributed by atoms with Gasteiger partial charge in [-0.2, -0.15) is 10.2 Å². The van der Waals surface area contributed by atoms with Crippen molar-refractivity contribution in [1.29, 1.82) is 0 Å². The minimum atomic E-state index is -0.156. The van der Waals surface area contributed by atoms with Gasteiger partial charge in [-0.15, -0.1) is 0 Å². The lowest BCUT2D eigenvalue weighted by Crippen LogP contribution is -2.38. The summed E-state index contributed by atoms with van der Waals surface area (Å²) < 4.78 is 1.83. The van der Waals surface area contributed by atoms with Crippen LogP contribution in [0.5, 0.6) is 0 Å². The number of hydrogen-bond acceptors (Lipinski definition) is 4. The first-order chi connectivity index (χ1) is 14.0. The summed E-state index contributed by atoms with van der Waals surface area (Å²) in [7, 11) is 1.91.